The number of hydrogen-bond donors (Lipinski definition) is 3. The van der Waals surface area contributed by atoms with Crippen LogP contribution in [0.1, 0.15) is 29.7 Å². The summed E-state index contributed by atoms with van der Waals surface area (Å²) in [5.74, 6) is 0.248. The first kappa shape index (κ1) is 21.2. The topological polar surface area (TPSA) is 99.2 Å². The number of urea groups is 1. The summed E-state index contributed by atoms with van der Waals surface area (Å²) < 4.78 is 14.9. The van der Waals surface area contributed by atoms with E-state index in [0.29, 0.717) is 35.2 Å². The molecule has 2 heterocycles. The number of fused-ring (bicyclic) bond motifs is 2. The second kappa shape index (κ2) is 8.47. The van der Waals surface area contributed by atoms with Crippen LogP contribution < -0.4 is 16.2 Å². The van der Waals surface area contributed by atoms with Crippen molar-refractivity contribution in [2.45, 2.75) is 31.7 Å². The molecule has 1 saturated carbocycles. The van der Waals surface area contributed by atoms with E-state index in [1.54, 1.807) is 18.2 Å². The monoisotopic (exact) mass is 467 g/mol. The van der Waals surface area contributed by atoms with Crippen LogP contribution in [-0.4, -0.2) is 28.1 Å². The highest BCUT2D eigenvalue weighted by atomic mass is 19.1. The molecule has 1 aliphatic heterocycles. The van der Waals surface area contributed by atoms with Crippen LogP contribution in [0.15, 0.2) is 70.5 Å². The predicted octanol–water partition coefficient (Wildman–Crippen LogP) is 4.37. The maximum atomic E-state index is 14.9. The lowest BCUT2D eigenvalue weighted by Gasteiger charge is -2.09. The molecule has 3 N–H and O–H groups in total. The van der Waals surface area contributed by atoms with Gasteiger partial charge in [0.15, 0.2) is 0 Å². The van der Waals surface area contributed by atoms with Gasteiger partial charge in [-0.2, -0.15) is 5.10 Å². The second-order valence-electron chi connectivity index (χ2n) is 8.99. The van der Waals surface area contributed by atoms with E-state index < -0.39 is 0 Å². The number of carbonyl (C=O) groups is 1. The quantitative estimate of drug-likeness (QED) is 0.416. The van der Waals surface area contributed by atoms with Gasteiger partial charge in [-0.1, -0.05) is 36.4 Å². The Morgan fingerprint density at radius 1 is 1.06 bits per heavy atom. The molecule has 1 aromatic heterocycles. The number of nitrogens with zero attached hydrogens (tertiary/aromatic N) is 2. The molecule has 0 radical (unpaired) electrons. The van der Waals surface area contributed by atoms with E-state index in [2.05, 4.69) is 25.8 Å². The van der Waals surface area contributed by atoms with Crippen LogP contribution in [0.25, 0.3) is 21.9 Å². The number of aromatic nitrogens is 2. The van der Waals surface area contributed by atoms with Crippen molar-refractivity contribution in [3.05, 3.63) is 93.7 Å². The molecule has 0 saturated heterocycles. The molecular weight excluding hydrogens is 445 g/mol. The van der Waals surface area contributed by atoms with E-state index in [4.69, 9.17) is 0 Å². The minimum atomic E-state index is -0.336. The summed E-state index contributed by atoms with van der Waals surface area (Å²) in [6.07, 6.45) is 3.00. The average molecular weight is 468 g/mol. The van der Waals surface area contributed by atoms with Gasteiger partial charge in [0.25, 0.3) is 5.56 Å². The smallest absolute Gasteiger partial charge is 0.320 e. The van der Waals surface area contributed by atoms with Crippen molar-refractivity contribution in [3.63, 3.8) is 0 Å². The fraction of sp³-hybridized carbons (Fsp3) is 0.185. The van der Waals surface area contributed by atoms with Gasteiger partial charge in [-0.15, -0.1) is 0 Å². The number of amidine groups is 1. The van der Waals surface area contributed by atoms with Gasteiger partial charge in [0, 0.05) is 29.8 Å². The summed E-state index contributed by atoms with van der Waals surface area (Å²) in [6.45, 7) is 0. The van der Waals surface area contributed by atoms with E-state index in [1.165, 1.54) is 6.07 Å². The number of halogens is 1. The molecule has 1 aliphatic carbocycles. The fourth-order valence-corrected chi connectivity index (χ4v) is 4.41. The number of rotatable bonds is 4. The molecule has 0 bridgehead atoms. The molecule has 174 valence electrons. The highest BCUT2D eigenvalue weighted by Crippen LogP contribution is 2.33. The Labute approximate surface area is 200 Å². The largest absolute Gasteiger partial charge is 0.335 e. The zero-order valence-corrected chi connectivity index (χ0v) is 18.8. The van der Waals surface area contributed by atoms with Crippen LogP contribution in [-0.2, 0) is 12.8 Å². The number of carbonyl (C=O) groups excluding carboxylic acids is 1. The Hall–Kier alpha value is -4.33. The Bertz CT molecular complexity index is 1570. The van der Waals surface area contributed by atoms with Crippen molar-refractivity contribution in [2.75, 3.05) is 0 Å². The van der Waals surface area contributed by atoms with E-state index in [9.17, 15) is 14.0 Å². The van der Waals surface area contributed by atoms with Gasteiger partial charge >= 0.3 is 6.03 Å². The molecule has 7 nitrogen and oxygen atoms in total. The molecule has 8 heteroatoms. The molecule has 35 heavy (non-hydrogen) atoms. The van der Waals surface area contributed by atoms with Crippen LogP contribution in [0.2, 0.25) is 0 Å². The number of hydrogen-bond acceptors (Lipinski definition) is 4. The molecule has 3 aromatic carbocycles. The third kappa shape index (κ3) is 4.30. The summed E-state index contributed by atoms with van der Waals surface area (Å²) in [7, 11) is 0. The molecule has 6 rings (SSSR count). The third-order valence-electron chi connectivity index (χ3n) is 6.36. The van der Waals surface area contributed by atoms with E-state index in [1.807, 2.05) is 36.4 Å². The zero-order chi connectivity index (χ0) is 23.9. The first-order valence-corrected chi connectivity index (χ1v) is 11.6. The molecule has 2 amide bonds. The molecule has 2 aliphatic rings. The van der Waals surface area contributed by atoms with Gasteiger partial charge in [-0.25, -0.2) is 19.3 Å². The molecule has 0 unspecified atom stereocenters. The molecular formula is C27H22FN5O2. The highest BCUT2D eigenvalue weighted by molar-refractivity contribution is 6.02. The molecule has 0 atom stereocenters. The van der Waals surface area contributed by atoms with Crippen molar-refractivity contribution in [2.24, 2.45) is 4.99 Å². The van der Waals surface area contributed by atoms with Crippen LogP contribution in [0.3, 0.4) is 0 Å². The predicted molar refractivity (Wildman–Crippen MR) is 132 cm³/mol. The number of nitrogens with one attached hydrogen (secondary N) is 3. The van der Waals surface area contributed by atoms with Gasteiger partial charge in [0.1, 0.15) is 11.7 Å². The van der Waals surface area contributed by atoms with Crippen molar-refractivity contribution in [1.82, 2.24) is 20.8 Å². The highest BCUT2D eigenvalue weighted by Gasteiger charge is 2.25. The van der Waals surface area contributed by atoms with Crippen molar-refractivity contribution < 1.29 is 9.18 Å². The number of benzene rings is 3. The van der Waals surface area contributed by atoms with Crippen LogP contribution >= 0.6 is 0 Å². The minimum absolute atomic E-state index is 0.235. The standard InChI is InChI=1S/C27H22FN5O2/c28-22-10-5-15(12-24-19-3-1-2-4-20(19)26(34)33-32-24)11-21(22)16-6-7-17-14-25(30-23(17)13-16)31-27(35)29-18-8-9-18/h1-7,10-11,13,18H,8-9,12,14H2,(H,33,34)(H2,29,30,31,35). The minimum Gasteiger partial charge on any atom is -0.335 e. The van der Waals surface area contributed by atoms with Crippen molar-refractivity contribution in [3.8, 4) is 11.1 Å². The van der Waals surface area contributed by atoms with Gasteiger partial charge in [-0.3, -0.25) is 10.1 Å². The summed E-state index contributed by atoms with van der Waals surface area (Å²) in [4.78, 5) is 28.7. The second-order valence-corrected chi connectivity index (χ2v) is 8.99. The number of H-pyrrole nitrogens is 1. The van der Waals surface area contributed by atoms with Gasteiger partial charge in [0.05, 0.1) is 16.8 Å². The number of aromatic amines is 1. The first-order valence-electron chi connectivity index (χ1n) is 11.6. The molecule has 1 fully saturated rings. The van der Waals surface area contributed by atoms with E-state index >= 15 is 0 Å². The van der Waals surface area contributed by atoms with Crippen LogP contribution in [0.5, 0.6) is 0 Å². The van der Waals surface area contributed by atoms with Gasteiger partial charge in [-0.05, 0) is 53.8 Å². The van der Waals surface area contributed by atoms with Gasteiger partial charge in [0.2, 0.25) is 0 Å². The van der Waals surface area contributed by atoms with Crippen molar-refractivity contribution >= 4 is 28.3 Å². The van der Waals surface area contributed by atoms with Crippen LogP contribution in [0.4, 0.5) is 14.9 Å². The Morgan fingerprint density at radius 2 is 1.89 bits per heavy atom. The van der Waals surface area contributed by atoms with Crippen LogP contribution in [0, 0.1) is 5.82 Å². The molecule has 0 spiro atoms. The van der Waals surface area contributed by atoms with Crippen molar-refractivity contribution in [1.29, 1.82) is 0 Å². The lowest BCUT2D eigenvalue weighted by molar-refractivity contribution is 0.245. The summed E-state index contributed by atoms with van der Waals surface area (Å²) >= 11 is 0. The first-order chi connectivity index (χ1) is 17.0. The number of aliphatic imine (C=N–C) groups is 1. The summed E-state index contributed by atoms with van der Waals surface area (Å²) in [5.41, 5.74) is 4.22. The Morgan fingerprint density at radius 3 is 2.71 bits per heavy atom. The lowest BCUT2D eigenvalue weighted by Crippen LogP contribution is -2.40. The lowest BCUT2D eigenvalue weighted by atomic mass is 9.97. The molecule has 4 aromatic rings. The van der Waals surface area contributed by atoms with Gasteiger partial charge < -0.3 is 5.32 Å². The fourth-order valence-electron chi connectivity index (χ4n) is 4.41. The Kier molecular flexibility index (Phi) is 5.13. The zero-order valence-electron chi connectivity index (χ0n) is 18.8. The van der Waals surface area contributed by atoms with E-state index in [0.717, 1.165) is 40.7 Å². The SMILES string of the molecule is O=C(NC1=Nc2cc(-c3cc(Cc4n[nH]c(=O)c5ccccc45)ccc3F)ccc2C1)NC1CC1. The third-order valence-corrected chi connectivity index (χ3v) is 6.36. The Balaban J connectivity index is 1.27. The average Bonchev–Trinajstić information content (AvgIpc) is 3.58. The maximum Gasteiger partial charge on any atom is 0.320 e. The number of amides is 2. The normalized spacial score (nSPS) is 14.5. The van der Waals surface area contributed by atoms with E-state index in [-0.39, 0.29) is 23.4 Å². The summed E-state index contributed by atoms with van der Waals surface area (Å²) in [5, 5.41) is 13.8. The maximum absolute atomic E-state index is 14.9. The summed E-state index contributed by atoms with van der Waals surface area (Å²) in [6, 6.07) is 18.0.